The second-order valence-electron chi connectivity index (χ2n) is 4.08. The number of rotatable bonds is 3. The molecule has 84 valence electrons. The third-order valence-electron chi connectivity index (χ3n) is 2.78. The normalized spacial score (nSPS) is 12.9. The van der Waals surface area contributed by atoms with Crippen molar-refractivity contribution in [3.63, 3.8) is 0 Å². The highest BCUT2D eigenvalue weighted by molar-refractivity contribution is 5.70. The number of fused-ring (bicyclic) bond motifs is 1. The molecule has 1 atom stereocenters. The van der Waals surface area contributed by atoms with Crippen LogP contribution in [-0.4, -0.2) is 20.7 Å². The number of pyridine rings is 1. The Morgan fingerprint density at radius 2 is 2.38 bits per heavy atom. The summed E-state index contributed by atoms with van der Waals surface area (Å²) in [5, 5.41) is 13.0. The van der Waals surface area contributed by atoms with E-state index in [0.29, 0.717) is 0 Å². The molecular weight excluding hydrogens is 204 g/mol. The monoisotopic (exact) mass is 218 g/mol. The van der Waals surface area contributed by atoms with Crippen molar-refractivity contribution in [2.75, 3.05) is 0 Å². The van der Waals surface area contributed by atoms with Gasteiger partial charge in [0.25, 0.3) is 0 Å². The predicted molar refractivity (Wildman–Crippen MR) is 60.6 cm³/mol. The van der Waals surface area contributed by atoms with Gasteiger partial charge in [-0.2, -0.15) is 5.10 Å². The van der Waals surface area contributed by atoms with Crippen LogP contribution in [0.15, 0.2) is 24.5 Å². The molecule has 0 aliphatic rings. The molecule has 0 aliphatic carbocycles. The molecule has 0 saturated heterocycles. The molecule has 0 fully saturated rings. The van der Waals surface area contributed by atoms with Gasteiger partial charge in [0.05, 0.1) is 18.1 Å². The van der Waals surface area contributed by atoms with Gasteiger partial charge in [0, 0.05) is 11.8 Å². The van der Waals surface area contributed by atoms with Crippen molar-refractivity contribution in [3.05, 3.63) is 35.7 Å². The van der Waals surface area contributed by atoms with E-state index in [9.17, 15) is 4.79 Å². The molecule has 16 heavy (non-hydrogen) atoms. The fourth-order valence-corrected chi connectivity index (χ4v) is 1.98. The lowest BCUT2D eigenvalue weighted by Gasteiger charge is -2.08. The van der Waals surface area contributed by atoms with Crippen molar-refractivity contribution < 1.29 is 9.90 Å². The smallest absolute Gasteiger partial charge is 0.303 e. The summed E-state index contributed by atoms with van der Waals surface area (Å²) in [5.41, 5.74) is 3.14. The largest absolute Gasteiger partial charge is 0.481 e. The van der Waals surface area contributed by atoms with Gasteiger partial charge in [-0.3, -0.25) is 4.79 Å². The Bertz CT molecular complexity index is 531. The maximum absolute atomic E-state index is 10.7. The van der Waals surface area contributed by atoms with Crippen LogP contribution < -0.4 is 0 Å². The van der Waals surface area contributed by atoms with E-state index < -0.39 is 5.97 Å². The number of nitrogens with zero attached hydrogens (tertiary/aromatic N) is 2. The van der Waals surface area contributed by atoms with Crippen LogP contribution in [0.25, 0.3) is 5.52 Å². The third-order valence-corrected chi connectivity index (χ3v) is 2.78. The second kappa shape index (κ2) is 3.96. The molecule has 0 saturated carbocycles. The number of hydrogen-bond donors (Lipinski definition) is 1. The standard InChI is InChI=1S/C12H14N2O2/c1-8-4-3-5-14-12(8)10(7-13-14)9(2)6-11(15)16/h3-5,7,9H,6H2,1-2H3,(H,15,16). The Kier molecular flexibility index (Phi) is 2.64. The average Bonchev–Trinajstić information content (AvgIpc) is 2.61. The Morgan fingerprint density at radius 3 is 3.06 bits per heavy atom. The minimum atomic E-state index is -0.777. The molecule has 0 aliphatic heterocycles. The zero-order valence-electron chi connectivity index (χ0n) is 9.34. The number of aliphatic carboxylic acids is 1. The predicted octanol–water partition coefficient (Wildman–Crippen LogP) is 2.22. The van der Waals surface area contributed by atoms with Crippen molar-refractivity contribution in [1.82, 2.24) is 9.61 Å². The molecule has 0 amide bonds. The van der Waals surface area contributed by atoms with Gasteiger partial charge in [0.2, 0.25) is 0 Å². The van der Waals surface area contributed by atoms with Crippen LogP contribution in [0, 0.1) is 6.92 Å². The molecule has 0 aromatic carbocycles. The van der Waals surface area contributed by atoms with E-state index in [-0.39, 0.29) is 12.3 Å². The zero-order valence-corrected chi connectivity index (χ0v) is 9.34. The highest BCUT2D eigenvalue weighted by atomic mass is 16.4. The summed E-state index contributed by atoms with van der Waals surface area (Å²) >= 11 is 0. The maximum Gasteiger partial charge on any atom is 0.303 e. The van der Waals surface area contributed by atoms with Crippen molar-refractivity contribution in [1.29, 1.82) is 0 Å². The van der Waals surface area contributed by atoms with Crippen molar-refractivity contribution in [2.45, 2.75) is 26.2 Å². The summed E-state index contributed by atoms with van der Waals surface area (Å²) in [6, 6.07) is 3.94. The van der Waals surface area contributed by atoms with Crippen LogP contribution >= 0.6 is 0 Å². The van der Waals surface area contributed by atoms with Crippen LogP contribution in [0.3, 0.4) is 0 Å². The minimum absolute atomic E-state index is 0.0175. The van der Waals surface area contributed by atoms with E-state index >= 15 is 0 Å². The summed E-state index contributed by atoms with van der Waals surface area (Å²) in [5.74, 6) is -0.795. The summed E-state index contributed by atoms with van der Waals surface area (Å²) in [7, 11) is 0. The molecule has 0 bridgehead atoms. The molecule has 4 heteroatoms. The molecule has 0 radical (unpaired) electrons. The number of aromatic nitrogens is 2. The molecule has 2 heterocycles. The molecule has 1 N–H and O–H groups in total. The van der Waals surface area contributed by atoms with Gasteiger partial charge >= 0.3 is 5.97 Å². The number of hydrogen-bond acceptors (Lipinski definition) is 2. The quantitative estimate of drug-likeness (QED) is 0.859. The molecule has 4 nitrogen and oxygen atoms in total. The maximum atomic E-state index is 10.7. The van der Waals surface area contributed by atoms with Crippen LogP contribution in [0.2, 0.25) is 0 Å². The second-order valence-corrected chi connectivity index (χ2v) is 4.08. The summed E-state index contributed by atoms with van der Waals surface area (Å²) in [6.07, 6.45) is 3.77. The van der Waals surface area contributed by atoms with Gasteiger partial charge in [-0.1, -0.05) is 13.0 Å². The highest BCUT2D eigenvalue weighted by Gasteiger charge is 2.15. The Hall–Kier alpha value is -1.84. The minimum Gasteiger partial charge on any atom is -0.481 e. The molecule has 2 rings (SSSR count). The molecular formula is C12H14N2O2. The number of aryl methyl sites for hydroxylation is 1. The lowest BCUT2D eigenvalue weighted by Crippen LogP contribution is -2.03. The zero-order chi connectivity index (χ0) is 11.7. The van der Waals surface area contributed by atoms with Crippen LogP contribution in [0.5, 0.6) is 0 Å². The Labute approximate surface area is 93.5 Å². The first kappa shape index (κ1) is 10.7. The molecule has 0 spiro atoms. The first-order valence-corrected chi connectivity index (χ1v) is 5.24. The van der Waals surface area contributed by atoms with Gasteiger partial charge in [-0.15, -0.1) is 0 Å². The number of carboxylic acid groups (broad SMARTS) is 1. The summed E-state index contributed by atoms with van der Waals surface area (Å²) < 4.78 is 1.79. The first-order valence-electron chi connectivity index (χ1n) is 5.24. The van der Waals surface area contributed by atoms with Crippen molar-refractivity contribution >= 4 is 11.5 Å². The van der Waals surface area contributed by atoms with Gasteiger partial charge < -0.3 is 5.11 Å². The van der Waals surface area contributed by atoms with E-state index in [1.807, 2.05) is 32.2 Å². The summed E-state index contributed by atoms with van der Waals surface area (Å²) in [4.78, 5) is 10.7. The van der Waals surface area contributed by atoms with Crippen LogP contribution in [-0.2, 0) is 4.79 Å². The summed E-state index contributed by atoms with van der Waals surface area (Å²) in [6.45, 7) is 3.92. The highest BCUT2D eigenvalue weighted by Crippen LogP contribution is 2.25. The van der Waals surface area contributed by atoms with E-state index in [0.717, 1.165) is 16.6 Å². The fraction of sp³-hybridized carbons (Fsp3) is 0.333. The number of carboxylic acids is 1. The van der Waals surface area contributed by atoms with E-state index in [4.69, 9.17) is 5.11 Å². The van der Waals surface area contributed by atoms with Gasteiger partial charge in [-0.05, 0) is 24.5 Å². The topological polar surface area (TPSA) is 54.6 Å². The number of carbonyl (C=O) groups is 1. The third kappa shape index (κ3) is 1.78. The van der Waals surface area contributed by atoms with Crippen LogP contribution in [0.4, 0.5) is 0 Å². The van der Waals surface area contributed by atoms with E-state index in [1.165, 1.54) is 0 Å². The molecule has 2 aromatic rings. The van der Waals surface area contributed by atoms with Crippen molar-refractivity contribution in [2.24, 2.45) is 0 Å². The van der Waals surface area contributed by atoms with Gasteiger partial charge in [-0.25, -0.2) is 4.52 Å². The Balaban J connectivity index is 2.48. The van der Waals surface area contributed by atoms with Crippen molar-refractivity contribution in [3.8, 4) is 0 Å². The van der Waals surface area contributed by atoms with Gasteiger partial charge in [0.15, 0.2) is 0 Å². The van der Waals surface area contributed by atoms with E-state index in [1.54, 1.807) is 10.7 Å². The Morgan fingerprint density at radius 1 is 1.62 bits per heavy atom. The SMILES string of the molecule is Cc1cccn2ncc(C(C)CC(=O)O)c12. The first-order chi connectivity index (χ1) is 7.59. The lowest BCUT2D eigenvalue weighted by molar-refractivity contribution is -0.137. The van der Waals surface area contributed by atoms with Gasteiger partial charge in [0.1, 0.15) is 0 Å². The van der Waals surface area contributed by atoms with Crippen LogP contribution in [0.1, 0.15) is 30.4 Å². The molecule has 1 unspecified atom stereocenters. The fourth-order valence-electron chi connectivity index (χ4n) is 1.98. The average molecular weight is 218 g/mol. The van der Waals surface area contributed by atoms with E-state index in [2.05, 4.69) is 5.10 Å². The lowest BCUT2D eigenvalue weighted by atomic mass is 9.98. The molecule has 2 aromatic heterocycles.